The monoisotopic (exact) mass is 179 g/mol. The van der Waals surface area contributed by atoms with Crippen molar-refractivity contribution in [1.29, 1.82) is 0 Å². The molecule has 0 heterocycles. The quantitative estimate of drug-likeness (QED) is 0.574. The van der Waals surface area contributed by atoms with E-state index in [1.807, 2.05) is 0 Å². The van der Waals surface area contributed by atoms with Gasteiger partial charge >= 0.3 is 0 Å². The first kappa shape index (κ1) is 10.4. The summed E-state index contributed by atoms with van der Waals surface area (Å²) in [5, 5.41) is -0.933. The van der Waals surface area contributed by atoms with Crippen LogP contribution in [-0.2, 0) is 14.6 Å². The highest BCUT2D eigenvalue weighted by molar-refractivity contribution is 7.92. The van der Waals surface area contributed by atoms with Gasteiger partial charge in [-0.25, -0.2) is 8.42 Å². The minimum Gasteiger partial charge on any atom is -0.348 e. The lowest BCUT2D eigenvalue weighted by Gasteiger charge is -2.14. The third kappa shape index (κ3) is 2.88. The van der Waals surface area contributed by atoms with Gasteiger partial charge in [0.15, 0.2) is 9.84 Å². The molecule has 0 aliphatic rings. The molecule has 5 heteroatoms. The van der Waals surface area contributed by atoms with Gasteiger partial charge in [0, 0.05) is 20.4 Å². The van der Waals surface area contributed by atoms with Crippen molar-refractivity contribution in [2.45, 2.75) is 12.2 Å². The minimum absolute atomic E-state index is 0.382. The van der Waals surface area contributed by atoms with Gasteiger partial charge in [0.05, 0.1) is 0 Å². The van der Waals surface area contributed by atoms with Crippen LogP contribution in [0.25, 0.3) is 0 Å². The van der Waals surface area contributed by atoms with Crippen LogP contribution in [-0.4, -0.2) is 44.8 Å². The second-order valence-electron chi connectivity index (χ2n) is 2.70. The first-order valence-electron chi connectivity index (χ1n) is 3.17. The smallest absolute Gasteiger partial charge is 0.240 e. The predicted molar refractivity (Wildman–Crippen MR) is 43.0 cm³/mol. The molecule has 1 unspecified atom stereocenters. The molecule has 66 valence electrons. The molecule has 0 bridgehead atoms. The van der Waals surface area contributed by atoms with Gasteiger partial charge in [-0.1, -0.05) is 0 Å². The van der Waals surface area contributed by atoms with Gasteiger partial charge in [0.1, 0.15) is 5.25 Å². The van der Waals surface area contributed by atoms with E-state index in [9.17, 15) is 13.2 Å². The topological polar surface area (TPSA) is 54.5 Å². The molecule has 0 spiro atoms. The first-order chi connectivity index (χ1) is 4.76. The molecule has 4 nitrogen and oxygen atoms in total. The van der Waals surface area contributed by atoms with E-state index < -0.39 is 15.1 Å². The number of hydrogen-bond acceptors (Lipinski definition) is 3. The third-order valence-electron chi connectivity index (χ3n) is 1.43. The molecule has 0 saturated heterocycles. The van der Waals surface area contributed by atoms with E-state index in [0.29, 0.717) is 0 Å². The van der Waals surface area contributed by atoms with Gasteiger partial charge in [-0.05, 0) is 6.92 Å². The Bertz CT molecular complexity index is 243. The van der Waals surface area contributed by atoms with Crippen molar-refractivity contribution in [3.8, 4) is 0 Å². The van der Waals surface area contributed by atoms with Crippen LogP contribution in [0, 0.1) is 0 Å². The molecule has 0 N–H and O–H groups in total. The van der Waals surface area contributed by atoms with Crippen LogP contribution in [0.2, 0.25) is 0 Å². The molecule has 1 atom stereocenters. The molecule has 0 saturated carbocycles. The van der Waals surface area contributed by atoms with E-state index in [1.165, 1.54) is 25.9 Å². The molecular weight excluding hydrogens is 166 g/mol. The van der Waals surface area contributed by atoms with Crippen molar-refractivity contribution in [3.63, 3.8) is 0 Å². The van der Waals surface area contributed by atoms with Crippen molar-refractivity contribution < 1.29 is 13.2 Å². The maximum absolute atomic E-state index is 11.0. The zero-order valence-electron chi connectivity index (χ0n) is 7.16. The van der Waals surface area contributed by atoms with Crippen LogP contribution in [0.4, 0.5) is 0 Å². The lowest BCUT2D eigenvalue weighted by molar-refractivity contribution is -0.127. The van der Waals surface area contributed by atoms with Crippen LogP contribution in [0.3, 0.4) is 0 Å². The highest BCUT2D eigenvalue weighted by atomic mass is 32.2. The van der Waals surface area contributed by atoms with Gasteiger partial charge in [0.25, 0.3) is 0 Å². The first-order valence-corrected chi connectivity index (χ1v) is 5.12. The van der Waals surface area contributed by atoms with E-state index >= 15 is 0 Å². The number of carbonyl (C=O) groups is 1. The molecule has 1 amide bonds. The lowest BCUT2D eigenvalue weighted by Crippen LogP contribution is -2.36. The zero-order valence-corrected chi connectivity index (χ0v) is 7.97. The van der Waals surface area contributed by atoms with E-state index in [2.05, 4.69) is 0 Å². The fraction of sp³-hybridized carbons (Fsp3) is 0.833. The number of carbonyl (C=O) groups excluding carboxylic acids is 1. The van der Waals surface area contributed by atoms with Gasteiger partial charge in [-0.15, -0.1) is 0 Å². The second-order valence-corrected chi connectivity index (χ2v) is 5.07. The molecule has 0 fully saturated rings. The van der Waals surface area contributed by atoms with Crippen molar-refractivity contribution in [1.82, 2.24) is 4.90 Å². The molecule has 0 radical (unpaired) electrons. The number of sulfone groups is 1. The molecule has 0 aliphatic heterocycles. The Morgan fingerprint density at radius 2 is 1.73 bits per heavy atom. The Hall–Kier alpha value is -0.580. The van der Waals surface area contributed by atoms with Crippen LogP contribution in [0.1, 0.15) is 6.92 Å². The maximum atomic E-state index is 11.0. The molecular formula is C6H13NO3S. The Morgan fingerprint density at radius 3 is 1.82 bits per heavy atom. The van der Waals surface area contributed by atoms with Crippen molar-refractivity contribution in [2.75, 3.05) is 20.4 Å². The Balaban J connectivity index is 4.53. The number of hydrogen-bond donors (Lipinski definition) is 0. The zero-order chi connectivity index (χ0) is 9.23. The fourth-order valence-electron chi connectivity index (χ4n) is 0.547. The van der Waals surface area contributed by atoms with Crippen LogP contribution >= 0.6 is 0 Å². The predicted octanol–water partition coefficient (Wildman–Crippen LogP) is -0.492. The van der Waals surface area contributed by atoms with Gasteiger partial charge in [-0.3, -0.25) is 4.79 Å². The molecule has 0 aromatic heterocycles. The summed E-state index contributed by atoms with van der Waals surface area (Å²) in [5.41, 5.74) is 0. The number of rotatable bonds is 2. The number of amides is 1. The van der Waals surface area contributed by atoms with Crippen LogP contribution in [0.15, 0.2) is 0 Å². The van der Waals surface area contributed by atoms with E-state index in [1.54, 1.807) is 0 Å². The Kier molecular flexibility index (Phi) is 3.04. The molecule has 0 aromatic carbocycles. The maximum Gasteiger partial charge on any atom is 0.240 e. The summed E-state index contributed by atoms with van der Waals surface area (Å²) in [6, 6.07) is 0. The van der Waals surface area contributed by atoms with E-state index in [4.69, 9.17) is 0 Å². The highest BCUT2D eigenvalue weighted by Crippen LogP contribution is 2.00. The Morgan fingerprint density at radius 1 is 1.36 bits per heavy atom. The molecule has 0 rings (SSSR count). The van der Waals surface area contributed by atoms with Crippen LogP contribution < -0.4 is 0 Å². The third-order valence-corrected chi connectivity index (χ3v) is 2.92. The van der Waals surface area contributed by atoms with Crippen LogP contribution in [0.5, 0.6) is 0 Å². The molecule has 0 aliphatic carbocycles. The van der Waals surface area contributed by atoms with Gasteiger partial charge in [-0.2, -0.15) is 0 Å². The standard InChI is InChI=1S/C6H13NO3S/c1-5(11(4,9)10)6(8)7(2)3/h5H,1-4H3. The molecule has 0 aromatic rings. The highest BCUT2D eigenvalue weighted by Gasteiger charge is 2.24. The van der Waals surface area contributed by atoms with Crippen molar-refractivity contribution in [3.05, 3.63) is 0 Å². The largest absolute Gasteiger partial charge is 0.348 e. The molecule has 11 heavy (non-hydrogen) atoms. The average molecular weight is 179 g/mol. The normalized spacial score (nSPS) is 14.2. The summed E-state index contributed by atoms with van der Waals surface area (Å²) in [6.45, 7) is 1.39. The summed E-state index contributed by atoms with van der Waals surface area (Å²) in [4.78, 5) is 12.3. The van der Waals surface area contributed by atoms with Gasteiger partial charge < -0.3 is 4.90 Å². The number of nitrogens with zero attached hydrogens (tertiary/aromatic N) is 1. The van der Waals surface area contributed by atoms with E-state index in [-0.39, 0.29) is 5.91 Å². The SMILES string of the molecule is CC(C(=O)N(C)C)S(C)(=O)=O. The summed E-state index contributed by atoms with van der Waals surface area (Å²) in [7, 11) is -0.175. The summed E-state index contributed by atoms with van der Waals surface area (Å²) in [6.07, 6.45) is 1.05. The average Bonchev–Trinajstić information content (AvgIpc) is 1.82. The second kappa shape index (κ2) is 3.21. The van der Waals surface area contributed by atoms with Gasteiger partial charge in [0.2, 0.25) is 5.91 Å². The summed E-state index contributed by atoms with van der Waals surface area (Å²) >= 11 is 0. The van der Waals surface area contributed by atoms with Crippen molar-refractivity contribution >= 4 is 15.7 Å². The lowest BCUT2D eigenvalue weighted by atomic mass is 10.4. The Labute approximate surface area is 67.1 Å². The minimum atomic E-state index is -3.24. The summed E-state index contributed by atoms with van der Waals surface area (Å²) in [5.74, 6) is -0.382. The van der Waals surface area contributed by atoms with E-state index in [0.717, 1.165) is 6.26 Å². The fourth-order valence-corrected chi connectivity index (χ4v) is 1.12. The summed E-state index contributed by atoms with van der Waals surface area (Å²) < 4.78 is 21.7. The van der Waals surface area contributed by atoms with Crippen molar-refractivity contribution in [2.24, 2.45) is 0 Å².